The molecule has 5 nitrogen and oxygen atoms in total. The average Bonchev–Trinajstić information content (AvgIpc) is 3.55. The van der Waals surface area contributed by atoms with Crippen LogP contribution in [0.5, 0.6) is 0 Å². The van der Waals surface area contributed by atoms with Gasteiger partial charge < -0.3 is 4.74 Å². The molecule has 0 bridgehead atoms. The number of aryl methyl sites for hydroxylation is 1. The van der Waals surface area contributed by atoms with Crippen molar-refractivity contribution in [2.24, 2.45) is 0 Å². The predicted molar refractivity (Wildman–Crippen MR) is 152 cm³/mol. The van der Waals surface area contributed by atoms with E-state index in [4.69, 9.17) is 9.84 Å². The normalized spacial score (nSPS) is 13.0. The molecule has 3 aromatic carbocycles. The molecule has 41 heavy (non-hydrogen) atoms. The number of benzene rings is 3. The van der Waals surface area contributed by atoms with Gasteiger partial charge >= 0.3 is 5.97 Å². The summed E-state index contributed by atoms with van der Waals surface area (Å²) in [4.78, 5) is 16.9. The summed E-state index contributed by atoms with van der Waals surface area (Å²) in [5.41, 5.74) is 5.50. The van der Waals surface area contributed by atoms with Crippen LogP contribution in [0.1, 0.15) is 58.6 Å². The molecule has 0 atom stereocenters. The molecule has 2 heterocycles. The molecule has 0 N–H and O–H groups in total. The molecule has 1 fully saturated rings. The number of carbonyl (C=O) groups is 1. The molecular formula is C32H26F3N3O2S. The molecular weight excluding hydrogens is 547 g/mol. The summed E-state index contributed by atoms with van der Waals surface area (Å²) >= 11 is 1.28. The van der Waals surface area contributed by atoms with Crippen LogP contribution in [0, 0.1) is 24.4 Å². The van der Waals surface area contributed by atoms with Crippen LogP contribution in [0.25, 0.3) is 27.5 Å². The number of esters is 1. The van der Waals surface area contributed by atoms with E-state index in [1.54, 1.807) is 42.1 Å². The van der Waals surface area contributed by atoms with Crippen LogP contribution >= 0.6 is 11.3 Å². The van der Waals surface area contributed by atoms with E-state index >= 15 is 4.39 Å². The van der Waals surface area contributed by atoms with Gasteiger partial charge in [0.15, 0.2) is 5.69 Å². The Morgan fingerprint density at radius 3 is 2.46 bits per heavy atom. The smallest absolute Gasteiger partial charge is 0.357 e. The van der Waals surface area contributed by atoms with Gasteiger partial charge in [0, 0.05) is 34.4 Å². The third kappa shape index (κ3) is 5.41. The van der Waals surface area contributed by atoms with E-state index in [1.165, 1.54) is 47.7 Å². The van der Waals surface area contributed by atoms with E-state index in [9.17, 15) is 13.6 Å². The number of hydrogen-bond acceptors (Lipinski definition) is 5. The van der Waals surface area contributed by atoms with Crippen molar-refractivity contribution in [3.8, 4) is 27.5 Å². The lowest BCUT2D eigenvalue weighted by Crippen LogP contribution is -2.07. The lowest BCUT2D eigenvalue weighted by Gasteiger charge is -2.10. The summed E-state index contributed by atoms with van der Waals surface area (Å²) in [7, 11) is 0. The lowest BCUT2D eigenvalue weighted by molar-refractivity contribution is 0.0520. The second kappa shape index (κ2) is 11.0. The number of rotatable bonds is 8. The second-order valence-corrected chi connectivity index (χ2v) is 10.9. The van der Waals surface area contributed by atoms with Gasteiger partial charge in [0.25, 0.3) is 0 Å². The van der Waals surface area contributed by atoms with E-state index in [-0.39, 0.29) is 24.0 Å². The first kappa shape index (κ1) is 27.0. The van der Waals surface area contributed by atoms with Crippen molar-refractivity contribution in [2.75, 3.05) is 6.61 Å². The highest BCUT2D eigenvalue weighted by atomic mass is 32.1. The first-order valence-electron chi connectivity index (χ1n) is 13.4. The number of nitrogens with zero attached hydrogens (tertiary/aromatic N) is 3. The SMILES string of the molecule is CCOC(=O)c1csc(-n2nc(-c3ccc(F)c(-c4ccc(F)cc4)c3)c(Cc3ccc(C)c(F)c3)c2C2CC2)n1. The van der Waals surface area contributed by atoms with Gasteiger partial charge in [0.1, 0.15) is 17.5 Å². The molecule has 0 spiro atoms. The molecule has 6 rings (SSSR count). The Hall–Kier alpha value is -4.24. The van der Waals surface area contributed by atoms with Crippen LogP contribution in [0.15, 0.2) is 66.0 Å². The fraction of sp³-hybridized carbons (Fsp3) is 0.219. The van der Waals surface area contributed by atoms with E-state index in [0.717, 1.165) is 29.7 Å². The summed E-state index contributed by atoms with van der Waals surface area (Å²) in [5, 5.41) is 7.14. The summed E-state index contributed by atoms with van der Waals surface area (Å²) in [6, 6.07) is 15.6. The third-order valence-corrected chi connectivity index (χ3v) is 7.97. The Balaban J connectivity index is 1.52. The number of hydrogen-bond donors (Lipinski definition) is 0. The monoisotopic (exact) mass is 573 g/mol. The zero-order valence-corrected chi connectivity index (χ0v) is 23.3. The molecule has 5 aromatic rings. The summed E-state index contributed by atoms with van der Waals surface area (Å²) in [6.07, 6.45) is 2.32. The Bertz CT molecular complexity index is 1760. The van der Waals surface area contributed by atoms with Gasteiger partial charge in [-0.2, -0.15) is 5.10 Å². The van der Waals surface area contributed by atoms with Crippen LogP contribution in [0.2, 0.25) is 0 Å². The fourth-order valence-electron chi connectivity index (χ4n) is 4.93. The zero-order chi connectivity index (χ0) is 28.7. The van der Waals surface area contributed by atoms with Crippen molar-refractivity contribution < 1.29 is 22.7 Å². The topological polar surface area (TPSA) is 57.0 Å². The highest BCUT2D eigenvalue weighted by Gasteiger charge is 2.34. The largest absolute Gasteiger partial charge is 0.461 e. The molecule has 9 heteroatoms. The summed E-state index contributed by atoms with van der Waals surface area (Å²) in [5.74, 6) is -1.43. The van der Waals surface area contributed by atoms with E-state index < -0.39 is 17.6 Å². The molecule has 1 aliphatic rings. The Morgan fingerprint density at radius 1 is 1.00 bits per heavy atom. The number of halogens is 3. The maximum atomic E-state index is 15.0. The predicted octanol–water partition coefficient (Wildman–Crippen LogP) is 8.03. The Labute approximate surface area is 239 Å². The van der Waals surface area contributed by atoms with Gasteiger partial charge in [0.05, 0.1) is 18.0 Å². The Kier molecular flexibility index (Phi) is 7.21. The van der Waals surface area contributed by atoms with Gasteiger partial charge in [-0.3, -0.25) is 0 Å². The van der Waals surface area contributed by atoms with E-state index in [1.807, 2.05) is 6.07 Å². The van der Waals surface area contributed by atoms with Crippen molar-refractivity contribution in [1.82, 2.24) is 14.8 Å². The molecule has 208 valence electrons. The molecule has 2 aromatic heterocycles. The average molecular weight is 574 g/mol. The van der Waals surface area contributed by atoms with Crippen LogP contribution in [0.3, 0.4) is 0 Å². The minimum Gasteiger partial charge on any atom is -0.461 e. The molecule has 0 amide bonds. The van der Waals surface area contributed by atoms with Crippen molar-refractivity contribution in [3.05, 3.63) is 112 Å². The number of aromatic nitrogens is 3. The molecule has 1 aliphatic carbocycles. The third-order valence-electron chi connectivity index (χ3n) is 7.16. The maximum Gasteiger partial charge on any atom is 0.357 e. The molecule has 0 aliphatic heterocycles. The molecule has 1 saturated carbocycles. The molecule has 0 saturated heterocycles. The van der Waals surface area contributed by atoms with Crippen LogP contribution in [-0.2, 0) is 11.2 Å². The zero-order valence-electron chi connectivity index (χ0n) is 22.5. The van der Waals surface area contributed by atoms with Crippen molar-refractivity contribution in [1.29, 1.82) is 0 Å². The van der Waals surface area contributed by atoms with Crippen LogP contribution in [0.4, 0.5) is 13.2 Å². The van der Waals surface area contributed by atoms with E-state index in [2.05, 4.69) is 4.98 Å². The quantitative estimate of drug-likeness (QED) is 0.176. The summed E-state index contributed by atoms with van der Waals surface area (Å²) < 4.78 is 50.0. The molecule has 0 radical (unpaired) electrons. The first-order chi connectivity index (χ1) is 19.8. The Morgan fingerprint density at radius 2 is 1.76 bits per heavy atom. The number of thiazole rings is 1. The minimum absolute atomic E-state index is 0.202. The summed E-state index contributed by atoms with van der Waals surface area (Å²) in [6.45, 7) is 3.69. The molecule has 0 unspecified atom stereocenters. The van der Waals surface area contributed by atoms with Gasteiger partial charge in [-0.15, -0.1) is 11.3 Å². The minimum atomic E-state index is -0.506. The van der Waals surface area contributed by atoms with Crippen molar-refractivity contribution in [3.63, 3.8) is 0 Å². The van der Waals surface area contributed by atoms with Gasteiger partial charge in [-0.05, 0) is 79.8 Å². The standard InChI is InChI=1S/C32H26F3N3O2S/c1-3-40-31(39)28-17-41-32(36-28)38-30(21-6-7-21)25(14-19-5-4-18(2)27(35)15-19)29(37-38)22-10-13-26(34)24(16-22)20-8-11-23(33)12-9-20/h4-5,8-13,15-17,21H,3,6-7,14H2,1-2H3. The maximum absolute atomic E-state index is 15.0. The lowest BCUT2D eigenvalue weighted by atomic mass is 9.94. The second-order valence-electron chi connectivity index (χ2n) is 10.1. The highest BCUT2D eigenvalue weighted by Crippen LogP contribution is 2.46. The van der Waals surface area contributed by atoms with Gasteiger partial charge in [-0.1, -0.05) is 24.3 Å². The fourth-order valence-corrected chi connectivity index (χ4v) is 5.68. The van der Waals surface area contributed by atoms with Crippen LogP contribution in [-0.4, -0.2) is 27.3 Å². The van der Waals surface area contributed by atoms with Crippen molar-refractivity contribution >= 4 is 17.3 Å². The van der Waals surface area contributed by atoms with E-state index in [0.29, 0.717) is 39.5 Å². The highest BCUT2D eigenvalue weighted by molar-refractivity contribution is 7.12. The number of ether oxygens (including phenoxy) is 1. The van der Waals surface area contributed by atoms with Gasteiger partial charge in [-0.25, -0.2) is 27.6 Å². The van der Waals surface area contributed by atoms with Crippen molar-refractivity contribution in [2.45, 2.75) is 39.0 Å². The van der Waals surface area contributed by atoms with Gasteiger partial charge in [0.2, 0.25) is 5.13 Å². The first-order valence-corrected chi connectivity index (χ1v) is 14.3. The van der Waals surface area contributed by atoms with Crippen LogP contribution < -0.4 is 0 Å². The number of carbonyl (C=O) groups excluding carboxylic acids is 1.